The molecule has 2 aromatic carbocycles. The smallest absolute Gasteiger partial charge is 0.135 e. The molecule has 0 spiro atoms. The molecule has 1 heterocycles. The van der Waals surface area contributed by atoms with Crippen LogP contribution in [0.25, 0.3) is 16.8 Å². The van der Waals surface area contributed by atoms with Crippen LogP contribution in [-0.2, 0) is 0 Å². The number of benzene rings is 2. The topological polar surface area (TPSA) is 9.23 Å². The van der Waals surface area contributed by atoms with E-state index < -0.39 is 0 Å². The number of rotatable bonds is 1. The Morgan fingerprint density at radius 3 is 2.81 bits per heavy atom. The third kappa shape index (κ3) is 2.16. The Hall–Kier alpha value is -1.76. The zero-order chi connectivity index (χ0) is 14.4. The van der Waals surface area contributed by atoms with Crippen LogP contribution in [0.2, 0.25) is 0 Å². The van der Waals surface area contributed by atoms with E-state index in [-0.39, 0.29) is 0 Å². The minimum Gasteiger partial charge on any atom is -0.485 e. The predicted octanol–water partition coefficient (Wildman–Crippen LogP) is 5.44. The second kappa shape index (κ2) is 4.91. The molecule has 0 aromatic heterocycles. The van der Waals surface area contributed by atoms with Crippen LogP contribution in [0.5, 0.6) is 5.75 Å². The Morgan fingerprint density at radius 1 is 1.10 bits per heavy atom. The molecule has 0 amide bonds. The summed E-state index contributed by atoms with van der Waals surface area (Å²) in [4.78, 5) is 0. The molecular weight excluding hydrogens is 256 g/mol. The number of hydrogen-bond acceptors (Lipinski definition) is 1. The maximum Gasteiger partial charge on any atom is 0.135 e. The molecule has 0 saturated heterocycles. The average molecular weight is 278 g/mol. The summed E-state index contributed by atoms with van der Waals surface area (Å²) in [6.45, 7) is 4.68. The molecule has 1 heteroatoms. The molecular formula is C20H22O. The van der Waals surface area contributed by atoms with Crippen molar-refractivity contribution in [1.82, 2.24) is 0 Å². The molecule has 4 rings (SSSR count). The van der Waals surface area contributed by atoms with Gasteiger partial charge >= 0.3 is 0 Å². The van der Waals surface area contributed by atoms with Crippen molar-refractivity contribution in [2.75, 3.05) is 0 Å². The van der Waals surface area contributed by atoms with E-state index in [2.05, 4.69) is 56.3 Å². The van der Waals surface area contributed by atoms with Gasteiger partial charge in [0.15, 0.2) is 0 Å². The van der Waals surface area contributed by atoms with Gasteiger partial charge in [0.05, 0.1) is 0 Å². The van der Waals surface area contributed by atoms with Gasteiger partial charge in [-0.15, -0.1) is 0 Å². The van der Waals surface area contributed by atoms with Gasteiger partial charge in [-0.05, 0) is 48.1 Å². The second-order valence-corrected chi connectivity index (χ2v) is 6.81. The van der Waals surface area contributed by atoms with E-state index in [0.29, 0.717) is 6.10 Å². The van der Waals surface area contributed by atoms with E-state index in [9.17, 15) is 0 Å². The molecule has 0 radical (unpaired) electrons. The normalized spacial score (nSPS) is 24.2. The van der Waals surface area contributed by atoms with Crippen molar-refractivity contribution < 1.29 is 4.74 Å². The molecule has 1 saturated carbocycles. The highest BCUT2D eigenvalue weighted by molar-refractivity contribution is 5.92. The predicted molar refractivity (Wildman–Crippen MR) is 88.5 cm³/mol. The van der Waals surface area contributed by atoms with Crippen molar-refractivity contribution in [3.63, 3.8) is 0 Å². The van der Waals surface area contributed by atoms with E-state index in [0.717, 1.165) is 17.6 Å². The van der Waals surface area contributed by atoms with Crippen molar-refractivity contribution in [2.45, 2.75) is 39.2 Å². The van der Waals surface area contributed by atoms with Crippen molar-refractivity contribution in [1.29, 1.82) is 0 Å². The first kappa shape index (κ1) is 12.9. The van der Waals surface area contributed by atoms with Gasteiger partial charge in [0, 0.05) is 10.9 Å². The molecule has 1 unspecified atom stereocenters. The van der Waals surface area contributed by atoms with Gasteiger partial charge in [-0.2, -0.15) is 0 Å². The van der Waals surface area contributed by atoms with E-state index in [4.69, 9.17) is 4.74 Å². The van der Waals surface area contributed by atoms with Crippen LogP contribution >= 0.6 is 0 Å². The first-order valence-corrected chi connectivity index (χ1v) is 8.11. The Balaban J connectivity index is 1.76. The van der Waals surface area contributed by atoms with Crippen molar-refractivity contribution in [2.24, 2.45) is 11.8 Å². The minimum atomic E-state index is 0.296. The Bertz CT molecular complexity index is 711. The maximum atomic E-state index is 6.46. The van der Waals surface area contributed by atoms with Gasteiger partial charge in [-0.25, -0.2) is 0 Å². The number of hydrogen-bond donors (Lipinski definition) is 0. The zero-order valence-corrected chi connectivity index (χ0v) is 12.8. The first-order chi connectivity index (χ1) is 10.2. The highest BCUT2D eigenvalue weighted by atomic mass is 16.5. The molecule has 21 heavy (non-hydrogen) atoms. The SMILES string of the molecule is CC(C)[C@H]1CCC2=Cc3ccc4ccccc4c3OC2C1. The van der Waals surface area contributed by atoms with Gasteiger partial charge in [-0.3, -0.25) is 0 Å². The summed E-state index contributed by atoms with van der Waals surface area (Å²) in [5.74, 6) is 2.64. The highest BCUT2D eigenvalue weighted by Gasteiger charge is 2.32. The molecule has 108 valence electrons. The molecule has 1 nitrogen and oxygen atoms in total. The second-order valence-electron chi connectivity index (χ2n) is 6.81. The fraction of sp³-hybridized carbons (Fsp3) is 0.400. The summed E-state index contributed by atoms with van der Waals surface area (Å²) in [6, 6.07) is 12.9. The van der Waals surface area contributed by atoms with Crippen LogP contribution in [0.1, 0.15) is 38.7 Å². The summed E-state index contributed by atoms with van der Waals surface area (Å²) < 4.78 is 6.46. The van der Waals surface area contributed by atoms with E-state index in [1.165, 1.54) is 41.2 Å². The summed E-state index contributed by atoms with van der Waals surface area (Å²) in [5, 5.41) is 2.52. The molecule has 0 bridgehead atoms. The van der Waals surface area contributed by atoms with Crippen LogP contribution < -0.4 is 4.74 Å². The van der Waals surface area contributed by atoms with Gasteiger partial charge in [0.25, 0.3) is 0 Å². The Morgan fingerprint density at radius 2 is 1.95 bits per heavy atom. The molecule has 0 N–H and O–H groups in total. The lowest BCUT2D eigenvalue weighted by Gasteiger charge is -2.37. The van der Waals surface area contributed by atoms with Gasteiger partial charge in [0.1, 0.15) is 11.9 Å². The monoisotopic (exact) mass is 278 g/mol. The number of ether oxygens (including phenoxy) is 1. The first-order valence-electron chi connectivity index (χ1n) is 8.11. The fourth-order valence-electron chi connectivity index (χ4n) is 3.80. The highest BCUT2D eigenvalue weighted by Crippen LogP contribution is 2.43. The van der Waals surface area contributed by atoms with E-state index >= 15 is 0 Å². The Kier molecular flexibility index (Phi) is 3.02. The summed E-state index contributed by atoms with van der Waals surface area (Å²) in [6.07, 6.45) is 6.36. The fourth-order valence-corrected chi connectivity index (χ4v) is 3.80. The van der Waals surface area contributed by atoms with E-state index in [1.807, 2.05) is 0 Å². The molecule has 1 aliphatic carbocycles. The van der Waals surface area contributed by atoms with E-state index in [1.54, 1.807) is 0 Å². The van der Waals surface area contributed by atoms with Crippen LogP contribution in [0.4, 0.5) is 0 Å². The molecule has 2 aromatic rings. The third-order valence-corrected chi connectivity index (χ3v) is 5.19. The quantitative estimate of drug-likeness (QED) is 0.675. The van der Waals surface area contributed by atoms with Crippen LogP contribution in [-0.4, -0.2) is 6.10 Å². The minimum absolute atomic E-state index is 0.296. The zero-order valence-electron chi connectivity index (χ0n) is 12.8. The molecule has 1 fully saturated rings. The van der Waals surface area contributed by atoms with Crippen LogP contribution in [0, 0.1) is 11.8 Å². The molecule has 1 aliphatic heterocycles. The number of fused-ring (bicyclic) bond motifs is 4. The summed E-state index contributed by atoms with van der Waals surface area (Å²) in [7, 11) is 0. The summed E-state index contributed by atoms with van der Waals surface area (Å²) in [5.41, 5.74) is 2.75. The third-order valence-electron chi connectivity index (χ3n) is 5.19. The van der Waals surface area contributed by atoms with Crippen molar-refractivity contribution in [3.8, 4) is 5.75 Å². The maximum absolute atomic E-state index is 6.46. The summed E-state index contributed by atoms with van der Waals surface area (Å²) >= 11 is 0. The largest absolute Gasteiger partial charge is 0.485 e. The van der Waals surface area contributed by atoms with Gasteiger partial charge in [0.2, 0.25) is 0 Å². The lowest BCUT2D eigenvalue weighted by Crippen LogP contribution is -2.31. The standard InChI is InChI=1S/C20H22O/c1-13(2)15-8-9-16-11-17-10-7-14-5-3-4-6-18(14)20(17)21-19(16)12-15/h3-7,10-11,13,15,19H,8-9,12H2,1-2H3/t15-,19?/m0/s1. The van der Waals surface area contributed by atoms with Gasteiger partial charge < -0.3 is 4.74 Å². The van der Waals surface area contributed by atoms with Gasteiger partial charge in [-0.1, -0.05) is 50.2 Å². The Labute approximate surface area is 126 Å². The van der Waals surface area contributed by atoms with Crippen LogP contribution in [0.15, 0.2) is 42.0 Å². The molecule has 2 atom stereocenters. The van der Waals surface area contributed by atoms with Crippen molar-refractivity contribution in [3.05, 3.63) is 47.5 Å². The lowest BCUT2D eigenvalue weighted by molar-refractivity contribution is 0.149. The molecule has 2 aliphatic rings. The average Bonchev–Trinajstić information content (AvgIpc) is 2.52. The lowest BCUT2D eigenvalue weighted by atomic mass is 9.76. The van der Waals surface area contributed by atoms with Crippen LogP contribution in [0.3, 0.4) is 0 Å². The van der Waals surface area contributed by atoms with Crippen molar-refractivity contribution >= 4 is 16.8 Å².